The molecule has 0 bridgehead atoms. The van der Waals surface area contributed by atoms with Gasteiger partial charge in [-0.15, -0.1) is 5.10 Å². The Morgan fingerprint density at radius 1 is 1.25 bits per heavy atom. The normalized spacial score (nSPS) is 11.5. The van der Waals surface area contributed by atoms with E-state index in [1.807, 2.05) is 19.9 Å². The average molecular weight is 323 g/mol. The summed E-state index contributed by atoms with van der Waals surface area (Å²) in [5, 5.41) is 12.1. The van der Waals surface area contributed by atoms with Crippen molar-refractivity contribution in [2.75, 3.05) is 0 Å². The van der Waals surface area contributed by atoms with Gasteiger partial charge in [-0.1, -0.05) is 13.8 Å². The zero-order chi connectivity index (χ0) is 16.7. The number of fused-ring (bicyclic) bond motifs is 2. The van der Waals surface area contributed by atoms with Crippen molar-refractivity contribution in [3.63, 3.8) is 0 Å². The predicted octanol–water partition coefficient (Wildman–Crippen LogP) is 2.54. The second kappa shape index (κ2) is 5.41. The Morgan fingerprint density at radius 3 is 2.96 bits per heavy atom. The summed E-state index contributed by atoms with van der Waals surface area (Å²) in [6.45, 7) is 4.06. The van der Waals surface area contributed by atoms with Gasteiger partial charge in [0.1, 0.15) is 11.3 Å². The van der Waals surface area contributed by atoms with Crippen molar-refractivity contribution in [2.24, 2.45) is 0 Å². The summed E-state index contributed by atoms with van der Waals surface area (Å²) < 4.78 is 12.5. The van der Waals surface area contributed by atoms with Gasteiger partial charge in [0.25, 0.3) is 5.88 Å². The molecule has 0 aliphatic rings. The molecule has 0 amide bonds. The predicted molar refractivity (Wildman–Crippen MR) is 85.2 cm³/mol. The van der Waals surface area contributed by atoms with Crippen molar-refractivity contribution in [1.29, 1.82) is 0 Å². The van der Waals surface area contributed by atoms with Crippen LogP contribution in [-0.2, 0) is 0 Å². The fourth-order valence-corrected chi connectivity index (χ4v) is 2.55. The third-order valence-electron chi connectivity index (χ3n) is 3.67. The van der Waals surface area contributed by atoms with Crippen LogP contribution < -0.4 is 10.4 Å². The SMILES string of the molecule is CC(C)c1cc(=O)oc2cc(Oc3nccn4nnnc34)ccc12. The van der Waals surface area contributed by atoms with E-state index in [2.05, 4.69) is 20.5 Å². The Labute approximate surface area is 135 Å². The number of rotatable bonds is 3. The molecule has 4 aromatic rings. The summed E-state index contributed by atoms with van der Waals surface area (Å²) in [7, 11) is 0. The number of aromatic nitrogens is 5. The van der Waals surface area contributed by atoms with Gasteiger partial charge in [0.05, 0.1) is 6.20 Å². The molecular formula is C16H13N5O3. The number of tetrazole rings is 1. The van der Waals surface area contributed by atoms with E-state index in [0.717, 1.165) is 10.9 Å². The van der Waals surface area contributed by atoms with Gasteiger partial charge < -0.3 is 9.15 Å². The third-order valence-corrected chi connectivity index (χ3v) is 3.67. The van der Waals surface area contributed by atoms with Crippen LogP contribution in [-0.4, -0.2) is 25.0 Å². The lowest BCUT2D eigenvalue weighted by Crippen LogP contribution is -2.02. The van der Waals surface area contributed by atoms with Gasteiger partial charge in [-0.25, -0.2) is 9.78 Å². The highest BCUT2D eigenvalue weighted by molar-refractivity contribution is 5.82. The molecule has 3 aromatic heterocycles. The lowest BCUT2D eigenvalue weighted by Gasteiger charge is -2.10. The summed E-state index contributed by atoms with van der Waals surface area (Å²) >= 11 is 0. The number of hydrogen-bond acceptors (Lipinski definition) is 7. The van der Waals surface area contributed by atoms with Crippen LogP contribution in [0.25, 0.3) is 16.6 Å². The molecule has 0 N–H and O–H groups in total. The molecule has 1 aromatic carbocycles. The van der Waals surface area contributed by atoms with Crippen molar-refractivity contribution < 1.29 is 9.15 Å². The highest BCUT2D eigenvalue weighted by Gasteiger charge is 2.12. The Balaban J connectivity index is 1.81. The lowest BCUT2D eigenvalue weighted by atomic mass is 10.00. The van der Waals surface area contributed by atoms with Crippen molar-refractivity contribution in [2.45, 2.75) is 19.8 Å². The van der Waals surface area contributed by atoms with E-state index in [-0.39, 0.29) is 17.4 Å². The van der Waals surface area contributed by atoms with Crippen LogP contribution in [0.15, 0.2) is 45.9 Å². The van der Waals surface area contributed by atoms with E-state index in [4.69, 9.17) is 9.15 Å². The molecule has 3 heterocycles. The summed E-state index contributed by atoms with van der Waals surface area (Å²) in [5.41, 5.74) is 1.42. The van der Waals surface area contributed by atoms with Crippen LogP contribution in [0, 0.1) is 0 Å². The molecule has 8 heteroatoms. The summed E-state index contributed by atoms with van der Waals surface area (Å²) in [6, 6.07) is 6.85. The molecule has 0 saturated heterocycles. The van der Waals surface area contributed by atoms with E-state index < -0.39 is 0 Å². The molecule has 0 aliphatic heterocycles. The van der Waals surface area contributed by atoms with Gasteiger partial charge in [-0.05, 0) is 34.0 Å². The number of nitrogens with zero attached hydrogens (tertiary/aromatic N) is 5. The first kappa shape index (κ1) is 14.3. The monoisotopic (exact) mass is 323 g/mol. The topological polar surface area (TPSA) is 95.4 Å². The molecular weight excluding hydrogens is 310 g/mol. The highest BCUT2D eigenvalue weighted by Crippen LogP contribution is 2.29. The minimum atomic E-state index is -0.384. The molecule has 0 saturated carbocycles. The first-order valence-electron chi connectivity index (χ1n) is 7.40. The average Bonchev–Trinajstić information content (AvgIpc) is 3.03. The first-order chi connectivity index (χ1) is 11.6. The van der Waals surface area contributed by atoms with Crippen LogP contribution in [0.1, 0.15) is 25.3 Å². The number of benzene rings is 1. The van der Waals surface area contributed by atoms with Gasteiger partial charge in [-0.3, -0.25) is 0 Å². The maximum Gasteiger partial charge on any atom is 0.336 e. The van der Waals surface area contributed by atoms with Crippen LogP contribution in [0.2, 0.25) is 0 Å². The molecule has 0 atom stereocenters. The Kier molecular flexibility index (Phi) is 3.23. The Hall–Kier alpha value is -3.29. The standard InChI is InChI=1S/C16H13N5O3/c1-9(2)12-8-14(22)24-13-7-10(3-4-11(12)13)23-16-15-18-19-20-21(15)6-5-17-16/h3-9H,1-2H3. The molecule has 0 unspecified atom stereocenters. The van der Waals surface area contributed by atoms with E-state index in [1.165, 1.54) is 16.8 Å². The van der Waals surface area contributed by atoms with Crippen LogP contribution in [0.3, 0.4) is 0 Å². The second-order valence-corrected chi connectivity index (χ2v) is 5.61. The Bertz CT molecular complexity index is 1100. The van der Waals surface area contributed by atoms with Gasteiger partial charge in [-0.2, -0.15) is 4.52 Å². The number of ether oxygens (including phenoxy) is 1. The smallest absolute Gasteiger partial charge is 0.336 e. The zero-order valence-corrected chi connectivity index (χ0v) is 13.0. The molecule has 0 aliphatic carbocycles. The van der Waals surface area contributed by atoms with E-state index in [9.17, 15) is 4.79 Å². The minimum Gasteiger partial charge on any atom is -0.436 e. The van der Waals surface area contributed by atoms with Crippen LogP contribution in [0.4, 0.5) is 0 Å². The molecule has 0 fully saturated rings. The fourth-order valence-electron chi connectivity index (χ4n) is 2.55. The fraction of sp³-hybridized carbons (Fsp3) is 0.188. The number of hydrogen-bond donors (Lipinski definition) is 0. The summed E-state index contributed by atoms with van der Waals surface area (Å²) in [5.74, 6) is 0.959. The molecule has 8 nitrogen and oxygen atoms in total. The highest BCUT2D eigenvalue weighted by atomic mass is 16.5. The van der Waals surface area contributed by atoms with Crippen LogP contribution in [0.5, 0.6) is 11.6 Å². The molecule has 0 radical (unpaired) electrons. The van der Waals surface area contributed by atoms with Crippen molar-refractivity contribution in [3.05, 3.63) is 52.6 Å². The third kappa shape index (κ3) is 2.37. The largest absolute Gasteiger partial charge is 0.436 e. The van der Waals surface area contributed by atoms with Gasteiger partial charge >= 0.3 is 5.63 Å². The molecule has 0 spiro atoms. The van der Waals surface area contributed by atoms with Crippen LogP contribution >= 0.6 is 0 Å². The van der Waals surface area contributed by atoms with E-state index in [1.54, 1.807) is 18.3 Å². The zero-order valence-electron chi connectivity index (χ0n) is 13.0. The molecule has 24 heavy (non-hydrogen) atoms. The quantitative estimate of drug-likeness (QED) is 0.534. The summed E-state index contributed by atoms with van der Waals surface area (Å²) in [6.07, 6.45) is 3.16. The summed E-state index contributed by atoms with van der Waals surface area (Å²) in [4.78, 5) is 15.9. The maximum absolute atomic E-state index is 11.8. The van der Waals surface area contributed by atoms with E-state index in [0.29, 0.717) is 17.0 Å². The Morgan fingerprint density at radius 2 is 2.12 bits per heavy atom. The molecule has 4 rings (SSSR count). The van der Waals surface area contributed by atoms with Gasteiger partial charge in [0.2, 0.25) is 5.65 Å². The van der Waals surface area contributed by atoms with Gasteiger partial charge in [0, 0.05) is 23.7 Å². The van der Waals surface area contributed by atoms with Crippen molar-refractivity contribution in [1.82, 2.24) is 25.0 Å². The van der Waals surface area contributed by atoms with Gasteiger partial charge in [0.15, 0.2) is 0 Å². The van der Waals surface area contributed by atoms with Crippen molar-refractivity contribution >= 4 is 16.6 Å². The minimum absolute atomic E-state index is 0.209. The maximum atomic E-state index is 11.8. The molecule has 120 valence electrons. The van der Waals surface area contributed by atoms with E-state index >= 15 is 0 Å². The van der Waals surface area contributed by atoms with Crippen molar-refractivity contribution in [3.8, 4) is 11.6 Å². The second-order valence-electron chi connectivity index (χ2n) is 5.61. The first-order valence-corrected chi connectivity index (χ1v) is 7.40. The lowest BCUT2D eigenvalue weighted by molar-refractivity contribution is 0.462.